The number of rotatable bonds is 3. The van der Waals surface area contributed by atoms with Gasteiger partial charge in [-0.2, -0.15) is 0 Å². The molecule has 5 nitrogen and oxygen atoms in total. The fourth-order valence-corrected chi connectivity index (χ4v) is 2.82. The lowest BCUT2D eigenvalue weighted by molar-refractivity contribution is 0.0175. The highest BCUT2D eigenvalue weighted by atomic mass is 19.1. The van der Waals surface area contributed by atoms with Gasteiger partial charge in [0.2, 0.25) is 6.79 Å². The van der Waals surface area contributed by atoms with E-state index in [0.29, 0.717) is 35.9 Å². The van der Waals surface area contributed by atoms with E-state index in [2.05, 4.69) is 0 Å². The van der Waals surface area contributed by atoms with Crippen molar-refractivity contribution in [3.05, 3.63) is 53.3 Å². The second kappa shape index (κ2) is 5.70. The van der Waals surface area contributed by atoms with Crippen molar-refractivity contribution >= 4 is 5.91 Å². The summed E-state index contributed by atoms with van der Waals surface area (Å²) in [6, 6.07) is 9.59. The summed E-state index contributed by atoms with van der Waals surface area (Å²) in [4.78, 5) is 14.2. The van der Waals surface area contributed by atoms with Gasteiger partial charge in [-0.1, -0.05) is 0 Å². The van der Waals surface area contributed by atoms with Gasteiger partial charge >= 0.3 is 0 Å². The number of hydrogen-bond donors (Lipinski definition) is 0. The van der Waals surface area contributed by atoms with Gasteiger partial charge in [0.15, 0.2) is 11.5 Å². The Morgan fingerprint density at radius 3 is 2.75 bits per heavy atom. The number of ether oxygens (including phenoxy) is 3. The zero-order valence-corrected chi connectivity index (χ0v) is 13.1. The fraction of sp³-hybridized carbons (Fsp3) is 0.278. The van der Waals surface area contributed by atoms with E-state index in [1.807, 2.05) is 0 Å². The van der Waals surface area contributed by atoms with E-state index >= 15 is 0 Å². The second-order valence-electron chi connectivity index (χ2n) is 5.93. The van der Waals surface area contributed by atoms with Crippen LogP contribution in [-0.2, 0) is 0 Å². The fourth-order valence-electron chi connectivity index (χ4n) is 2.82. The Kier molecular flexibility index (Phi) is 3.52. The molecule has 0 bridgehead atoms. The average Bonchev–Trinajstić information content (AvgIpc) is 2.99. The van der Waals surface area contributed by atoms with Crippen molar-refractivity contribution in [3.8, 4) is 17.2 Å². The minimum absolute atomic E-state index is 0.0658. The standard InChI is InChI=1S/C18H16FNO4/c1-11-6-13(19)3-5-15(11)24-14-8-20(9-14)18(21)12-2-4-16-17(7-12)23-10-22-16/h2-7,14H,8-10H2,1H3. The molecule has 0 unspecified atom stereocenters. The Morgan fingerprint density at radius 2 is 1.96 bits per heavy atom. The molecule has 2 aliphatic heterocycles. The molecular formula is C18H16FNO4. The van der Waals surface area contributed by atoms with E-state index in [-0.39, 0.29) is 24.6 Å². The van der Waals surface area contributed by atoms with Crippen molar-refractivity contribution in [1.82, 2.24) is 4.90 Å². The first-order valence-electron chi connectivity index (χ1n) is 7.72. The lowest BCUT2D eigenvalue weighted by atomic mass is 10.1. The molecule has 2 heterocycles. The van der Waals surface area contributed by atoms with Gasteiger partial charge in [-0.05, 0) is 48.9 Å². The number of likely N-dealkylation sites (tertiary alicyclic amines) is 1. The van der Waals surface area contributed by atoms with Crippen molar-refractivity contribution in [2.24, 2.45) is 0 Å². The summed E-state index contributed by atoms with van der Waals surface area (Å²) < 4.78 is 29.5. The number of carbonyl (C=O) groups excluding carboxylic acids is 1. The van der Waals surface area contributed by atoms with Gasteiger partial charge in [-0.15, -0.1) is 0 Å². The predicted molar refractivity (Wildman–Crippen MR) is 84.0 cm³/mol. The Hall–Kier alpha value is -2.76. The number of amides is 1. The molecule has 6 heteroatoms. The van der Waals surface area contributed by atoms with Crippen LogP contribution in [-0.4, -0.2) is 36.8 Å². The average molecular weight is 329 g/mol. The molecule has 2 aromatic carbocycles. The van der Waals surface area contributed by atoms with E-state index in [4.69, 9.17) is 14.2 Å². The van der Waals surface area contributed by atoms with E-state index in [1.165, 1.54) is 12.1 Å². The third kappa shape index (κ3) is 2.64. The normalized spacial score (nSPS) is 16.0. The number of halogens is 1. The Bertz CT molecular complexity index is 802. The molecule has 0 saturated carbocycles. The van der Waals surface area contributed by atoms with Crippen LogP contribution in [0.4, 0.5) is 4.39 Å². The number of aryl methyl sites for hydroxylation is 1. The van der Waals surface area contributed by atoms with E-state index in [1.54, 1.807) is 36.1 Å². The lowest BCUT2D eigenvalue weighted by Gasteiger charge is -2.39. The van der Waals surface area contributed by atoms with Crippen molar-refractivity contribution in [2.75, 3.05) is 19.9 Å². The van der Waals surface area contributed by atoms with Gasteiger partial charge in [-0.3, -0.25) is 4.79 Å². The number of fused-ring (bicyclic) bond motifs is 1. The molecule has 0 aliphatic carbocycles. The van der Waals surface area contributed by atoms with Crippen LogP contribution in [0.2, 0.25) is 0 Å². The van der Waals surface area contributed by atoms with E-state index < -0.39 is 0 Å². The summed E-state index contributed by atoms with van der Waals surface area (Å²) in [6.07, 6.45) is -0.0767. The maximum absolute atomic E-state index is 13.1. The summed E-state index contributed by atoms with van der Waals surface area (Å²) in [5, 5.41) is 0. The minimum atomic E-state index is -0.284. The number of nitrogens with zero attached hydrogens (tertiary/aromatic N) is 1. The van der Waals surface area contributed by atoms with Crippen LogP contribution in [0.25, 0.3) is 0 Å². The first-order valence-corrected chi connectivity index (χ1v) is 7.72. The molecule has 1 amide bonds. The van der Waals surface area contributed by atoms with Crippen LogP contribution in [0.5, 0.6) is 17.2 Å². The quantitative estimate of drug-likeness (QED) is 0.869. The molecule has 0 N–H and O–H groups in total. The van der Waals surface area contributed by atoms with Gasteiger partial charge in [0.05, 0.1) is 13.1 Å². The molecule has 1 saturated heterocycles. The SMILES string of the molecule is Cc1cc(F)ccc1OC1CN(C(=O)c2ccc3c(c2)OCO3)C1. The third-order valence-electron chi connectivity index (χ3n) is 4.19. The molecule has 0 spiro atoms. The summed E-state index contributed by atoms with van der Waals surface area (Å²) in [5.41, 5.74) is 1.31. The molecule has 24 heavy (non-hydrogen) atoms. The van der Waals surface area contributed by atoms with Gasteiger partial charge in [-0.25, -0.2) is 4.39 Å². The molecule has 2 aliphatic rings. The maximum Gasteiger partial charge on any atom is 0.254 e. The second-order valence-corrected chi connectivity index (χ2v) is 5.93. The van der Waals surface area contributed by atoms with Crippen molar-refractivity contribution in [3.63, 3.8) is 0 Å². The number of hydrogen-bond acceptors (Lipinski definition) is 4. The lowest BCUT2D eigenvalue weighted by Crippen LogP contribution is -2.56. The Balaban J connectivity index is 1.37. The monoisotopic (exact) mass is 329 g/mol. The summed E-state index contributed by atoms with van der Waals surface area (Å²) in [7, 11) is 0. The highest BCUT2D eigenvalue weighted by Gasteiger charge is 2.33. The maximum atomic E-state index is 13.1. The van der Waals surface area contributed by atoms with E-state index in [9.17, 15) is 9.18 Å². The minimum Gasteiger partial charge on any atom is -0.486 e. The van der Waals surface area contributed by atoms with E-state index in [0.717, 1.165) is 5.56 Å². The van der Waals surface area contributed by atoms with Gasteiger partial charge < -0.3 is 19.1 Å². The van der Waals surface area contributed by atoms with Gasteiger partial charge in [0.1, 0.15) is 17.7 Å². The van der Waals surface area contributed by atoms with Crippen LogP contribution in [0.15, 0.2) is 36.4 Å². The molecule has 2 aromatic rings. The Labute approximate surface area is 138 Å². The van der Waals surface area contributed by atoms with Gasteiger partial charge in [0, 0.05) is 5.56 Å². The van der Waals surface area contributed by atoms with Crippen LogP contribution in [0, 0.1) is 12.7 Å². The van der Waals surface area contributed by atoms with Crippen molar-refractivity contribution < 1.29 is 23.4 Å². The summed E-state index contributed by atoms with van der Waals surface area (Å²) in [5.74, 6) is 1.55. The number of carbonyl (C=O) groups is 1. The first-order chi connectivity index (χ1) is 11.6. The summed E-state index contributed by atoms with van der Waals surface area (Å²) in [6.45, 7) is 2.99. The van der Waals surface area contributed by atoms with Crippen LogP contribution >= 0.6 is 0 Å². The molecular weight excluding hydrogens is 313 g/mol. The predicted octanol–water partition coefficient (Wildman–Crippen LogP) is 2.77. The largest absolute Gasteiger partial charge is 0.486 e. The van der Waals surface area contributed by atoms with Crippen LogP contribution in [0.1, 0.15) is 15.9 Å². The Morgan fingerprint density at radius 1 is 1.17 bits per heavy atom. The molecule has 0 radical (unpaired) electrons. The summed E-state index contributed by atoms with van der Waals surface area (Å²) >= 11 is 0. The number of benzene rings is 2. The van der Waals surface area contributed by atoms with Crippen molar-refractivity contribution in [2.45, 2.75) is 13.0 Å². The molecule has 0 aromatic heterocycles. The molecule has 124 valence electrons. The molecule has 0 atom stereocenters. The zero-order valence-electron chi connectivity index (χ0n) is 13.1. The van der Waals surface area contributed by atoms with Crippen LogP contribution < -0.4 is 14.2 Å². The highest BCUT2D eigenvalue weighted by Crippen LogP contribution is 2.33. The first kappa shape index (κ1) is 14.8. The third-order valence-corrected chi connectivity index (χ3v) is 4.19. The smallest absolute Gasteiger partial charge is 0.254 e. The topological polar surface area (TPSA) is 48.0 Å². The van der Waals surface area contributed by atoms with Gasteiger partial charge in [0.25, 0.3) is 5.91 Å². The molecule has 1 fully saturated rings. The molecule has 4 rings (SSSR count). The highest BCUT2D eigenvalue weighted by molar-refractivity contribution is 5.95. The van der Waals surface area contributed by atoms with Crippen LogP contribution in [0.3, 0.4) is 0 Å². The van der Waals surface area contributed by atoms with Crippen molar-refractivity contribution in [1.29, 1.82) is 0 Å². The zero-order chi connectivity index (χ0) is 16.7.